The summed E-state index contributed by atoms with van der Waals surface area (Å²) in [6.07, 6.45) is 2.78. The van der Waals surface area contributed by atoms with E-state index in [1.807, 2.05) is 30.5 Å². The molecule has 2 aromatic rings. The summed E-state index contributed by atoms with van der Waals surface area (Å²) in [5.74, 6) is 1.96. The van der Waals surface area contributed by atoms with Gasteiger partial charge in [0, 0.05) is 24.8 Å². The molecule has 0 bridgehead atoms. The van der Waals surface area contributed by atoms with Crippen LogP contribution in [0.1, 0.15) is 44.5 Å². The van der Waals surface area contributed by atoms with Crippen LogP contribution in [0, 0.1) is 13.8 Å². The number of carbonyl (C=O) groups is 1. The zero-order valence-electron chi connectivity index (χ0n) is 15.0. The predicted molar refractivity (Wildman–Crippen MR) is 104 cm³/mol. The van der Waals surface area contributed by atoms with Crippen LogP contribution in [-0.4, -0.2) is 43.9 Å². The first-order valence-electron chi connectivity index (χ1n) is 8.95. The predicted octanol–water partition coefficient (Wildman–Crippen LogP) is 2.41. The van der Waals surface area contributed by atoms with Crippen LogP contribution < -0.4 is 5.56 Å². The molecule has 2 aliphatic heterocycles. The largest absolute Gasteiger partial charge is 0.333 e. The lowest BCUT2D eigenvalue weighted by molar-refractivity contribution is 0.0724. The number of amides is 1. The molecule has 0 saturated carbocycles. The number of hydrogen-bond donors (Lipinski definition) is 0. The molecule has 1 fully saturated rings. The average molecular weight is 391 g/mol. The molecule has 1 atom stereocenters. The van der Waals surface area contributed by atoms with E-state index in [1.54, 1.807) is 10.7 Å². The van der Waals surface area contributed by atoms with E-state index in [0.29, 0.717) is 6.54 Å². The Morgan fingerprint density at radius 2 is 2.23 bits per heavy atom. The Kier molecular flexibility index (Phi) is 4.88. The van der Waals surface area contributed by atoms with E-state index in [-0.39, 0.29) is 17.5 Å². The summed E-state index contributed by atoms with van der Waals surface area (Å²) >= 11 is 3.30. The van der Waals surface area contributed by atoms with Gasteiger partial charge in [-0.1, -0.05) is 0 Å². The standard InChI is InChI=1S/C18H22N4O2S2/c1-11-17(26-12(2)19-11)18(24)21-6-3-4-14(21)9-22-16(23)8-13-10-25-7-5-15(13)20-22/h8,14H,3-7,9-10H2,1-2H3. The van der Waals surface area contributed by atoms with Crippen molar-refractivity contribution in [3.63, 3.8) is 0 Å². The normalized spacial score (nSPS) is 19.6. The highest BCUT2D eigenvalue weighted by Crippen LogP contribution is 2.26. The summed E-state index contributed by atoms with van der Waals surface area (Å²) in [7, 11) is 0. The summed E-state index contributed by atoms with van der Waals surface area (Å²) in [6, 6.07) is 1.75. The smallest absolute Gasteiger partial charge is 0.267 e. The summed E-state index contributed by atoms with van der Waals surface area (Å²) in [5, 5.41) is 5.52. The average Bonchev–Trinajstić information content (AvgIpc) is 3.21. The van der Waals surface area contributed by atoms with Crippen LogP contribution in [0.3, 0.4) is 0 Å². The van der Waals surface area contributed by atoms with Crippen molar-refractivity contribution in [1.82, 2.24) is 19.7 Å². The van der Waals surface area contributed by atoms with Crippen molar-refractivity contribution in [1.29, 1.82) is 0 Å². The molecule has 4 heterocycles. The molecule has 1 unspecified atom stereocenters. The molecular weight excluding hydrogens is 368 g/mol. The molecule has 0 aromatic carbocycles. The Labute approximate surface area is 160 Å². The fraction of sp³-hybridized carbons (Fsp3) is 0.556. The molecule has 6 nitrogen and oxygen atoms in total. The van der Waals surface area contributed by atoms with Crippen LogP contribution in [0.15, 0.2) is 10.9 Å². The first-order chi connectivity index (χ1) is 12.5. The second-order valence-corrected chi connectivity index (χ2v) is 9.19. The van der Waals surface area contributed by atoms with Gasteiger partial charge >= 0.3 is 0 Å². The SMILES string of the molecule is Cc1nc(C)c(C(=O)N2CCCC2Cn2nc3c(cc2=O)CSCC3)s1. The summed E-state index contributed by atoms with van der Waals surface area (Å²) in [6.45, 7) is 5.01. The molecule has 4 rings (SSSR count). The Morgan fingerprint density at radius 3 is 3.00 bits per heavy atom. The van der Waals surface area contributed by atoms with Crippen LogP contribution in [0.2, 0.25) is 0 Å². The van der Waals surface area contributed by atoms with Crippen LogP contribution in [-0.2, 0) is 18.7 Å². The van der Waals surface area contributed by atoms with Crippen molar-refractivity contribution in [3.05, 3.63) is 43.3 Å². The number of nitrogens with zero attached hydrogens (tertiary/aromatic N) is 4. The highest BCUT2D eigenvalue weighted by atomic mass is 32.2. The number of thioether (sulfide) groups is 1. The third-order valence-electron chi connectivity index (χ3n) is 5.02. The van der Waals surface area contributed by atoms with Gasteiger partial charge in [-0.2, -0.15) is 16.9 Å². The van der Waals surface area contributed by atoms with Gasteiger partial charge in [-0.15, -0.1) is 11.3 Å². The van der Waals surface area contributed by atoms with E-state index in [4.69, 9.17) is 0 Å². The molecule has 26 heavy (non-hydrogen) atoms. The van der Waals surface area contributed by atoms with Crippen LogP contribution in [0.5, 0.6) is 0 Å². The van der Waals surface area contributed by atoms with Crippen molar-refractivity contribution >= 4 is 29.0 Å². The monoisotopic (exact) mass is 390 g/mol. The summed E-state index contributed by atoms with van der Waals surface area (Å²) < 4.78 is 1.57. The molecule has 0 radical (unpaired) electrons. The zero-order valence-corrected chi connectivity index (χ0v) is 16.7. The Morgan fingerprint density at radius 1 is 1.38 bits per heavy atom. The van der Waals surface area contributed by atoms with E-state index < -0.39 is 0 Å². The Bertz CT molecular complexity index is 905. The molecule has 0 aliphatic carbocycles. The molecule has 0 spiro atoms. The minimum absolute atomic E-state index is 0.0190. The fourth-order valence-electron chi connectivity index (χ4n) is 3.74. The lowest BCUT2D eigenvalue weighted by Crippen LogP contribution is -2.41. The van der Waals surface area contributed by atoms with E-state index in [9.17, 15) is 9.59 Å². The molecule has 2 aliphatic rings. The van der Waals surface area contributed by atoms with Gasteiger partial charge in [0.2, 0.25) is 0 Å². The van der Waals surface area contributed by atoms with Gasteiger partial charge in [0.15, 0.2) is 0 Å². The molecule has 8 heteroatoms. The lowest BCUT2D eigenvalue weighted by Gasteiger charge is -2.25. The van der Waals surface area contributed by atoms with E-state index >= 15 is 0 Å². The number of carbonyl (C=O) groups excluding carboxylic acids is 1. The zero-order chi connectivity index (χ0) is 18.3. The van der Waals surface area contributed by atoms with Gasteiger partial charge in [0.1, 0.15) is 4.88 Å². The molecule has 1 amide bonds. The number of hydrogen-bond acceptors (Lipinski definition) is 6. The van der Waals surface area contributed by atoms with Gasteiger partial charge in [-0.25, -0.2) is 9.67 Å². The van der Waals surface area contributed by atoms with Crippen LogP contribution >= 0.6 is 23.1 Å². The third-order valence-corrected chi connectivity index (χ3v) is 7.09. The number of rotatable bonds is 3. The number of aromatic nitrogens is 3. The maximum atomic E-state index is 13.0. The van der Waals surface area contributed by atoms with E-state index in [2.05, 4.69) is 10.1 Å². The first kappa shape index (κ1) is 17.7. The number of thiazole rings is 1. The number of likely N-dealkylation sites (tertiary alicyclic amines) is 1. The second-order valence-electron chi connectivity index (χ2n) is 6.88. The van der Waals surface area contributed by atoms with Gasteiger partial charge in [-0.3, -0.25) is 9.59 Å². The maximum Gasteiger partial charge on any atom is 0.267 e. The summed E-state index contributed by atoms with van der Waals surface area (Å²) in [4.78, 5) is 32.4. The molecule has 138 valence electrons. The van der Waals surface area contributed by atoms with Crippen molar-refractivity contribution in [2.75, 3.05) is 12.3 Å². The topological polar surface area (TPSA) is 68.1 Å². The molecule has 1 saturated heterocycles. The van der Waals surface area contributed by atoms with E-state index in [0.717, 1.165) is 64.1 Å². The van der Waals surface area contributed by atoms with Gasteiger partial charge in [-0.05, 0) is 38.0 Å². The van der Waals surface area contributed by atoms with Crippen molar-refractivity contribution in [2.45, 2.75) is 51.4 Å². The minimum Gasteiger partial charge on any atom is -0.333 e. The highest BCUT2D eigenvalue weighted by Gasteiger charge is 2.32. The molecular formula is C18H22N4O2S2. The summed E-state index contributed by atoms with van der Waals surface area (Å²) in [5.41, 5.74) is 2.84. The minimum atomic E-state index is -0.0598. The number of fused-ring (bicyclic) bond motifs is 1. The second kappa shape index (κ2) is 7.15. The number of aryl methyl sites for hydroxylation is 3. The molecule has 2 aromatic heterocycles. The fourth-order valence-corrected chi connectivity index (χ4v) is 5.56. The van der Waals surface area contributed by atoms with Crippen molar-refractivity contribution in [2.24, 2.45) is 0 Å². The van der Waals surface area contributed by atoms with Gasteiger partial charge in [0.25, 0.3) is 11.5 Å². The lowest BCUT2D eigenvalue weighted by atomic mass is 10.2. The van der Waals surface area contributed by atoms with Crippen molar-refractivity contribution < 1.29 is 4.79 Å². The van der Waals surface area contributed by atoms with Gasteiger partial charge in [0.05, 0.1) is 29.0 Å². The highest BCUT2D eigenvalue weighted by molar-refractivity contribution is 7.98. The van der Waals surface area contributed by atoms with Crippen LogP contribution in [0.4, 0.5) is 0 Å². The molecule has 0 N–H and O–H groups in total. The quantitative estimate of drug-likeness (QED) is 0.805. The van der Waals surface area contributed by atoms with Gasteiger partial charge < -0.3 is 4.90 Å². The first-order valence-corrected chi connectivity index (χ1v) is 10.9. The third kappa shape index (κ3) is 3.32. The van der Waals surface area contributed by atoms with Crippen LogP contribution in [0.25, 0.3) is 0 Å². The Hall–Kier alpha value is -1.67. The maximum absolute atomic E-state index is 13.0. The van der Waals surface area contributed by atoms with E-state index in [1.165, 1.54) is 11.3 Å². The van der Waals surface area contributed by atoms with Crippen molar-refractivity contribution in [3.8, 4) is 0 Å². The Balaban J connectivity index is 1.57.